The first-order chi connectivity index (χ1) is 11.1. The molecule has 5 atom stereocenters. The number of benzene rings is 1. The van der Waals surface area contributed by atoms with E-state index in [0.29, 0.717) is 5.78 Å². The molecule has 3 fully saturated rings. The van der Waals surface area contributed by atoms with Crippen LogP contribution in [-0.4, -0.2) is 5.78 Å². The maximum atomic E-state index is 11.8. The first-order valence-corrected chi connectivity index (χ1v) is 9.70. The van der Waals surface area contributed by atoms with Crippen LogP contribution in [0.2, 0.25) is 0 Å². The zero-order valence-electron chi connectivity index (χ0n) is 14.7. The van der Waals surface area contributed by atoms with Gasteiger partial charge in [0.2, 0.25) is 0 Å². The number of carbonyl (C=O) groups is 1. The van der Waals surface area contributed by atoms with Crippen molar-refractivity contribution in [2.75, 3.05) is 0 Å². The van der Waals surface area contributed by atoms with Crippen LogP contribution in [0.5, 0.6) is 0 Å². The van der Waals surface area contributed by atoms with Crippen LogP contribution in [0.25, 0.3) is 0 Å². The molecule has 0 amide bonds. The number of fused-ring (bicyclic) bond motifs is 3. The quantitative estimate of drug-likeness (QED) is 0.661. The number of ketones is 1. The van der Waals surface area contributed by atoms with Gasteiger partial charge in [-0.25, -0.2) is 0 Å². The van der Waals surface area contributed by atoms with Crippen LogP contribution in [-0.2, 0) is 4.79 Å². The summed E-state index contributed by atoms with van der Waals surface area (Å²) in [6.07, 6.45) is 9.80. The molecule has 0 aromatic heterocycles. The zero-order valence-corrected chi connectivity index (χ0v) is 14.7. The summed E-state index contributed by atoms with van der Waals surface area (Å²) in [7, 11) is 0. The first kappa shape index (κ1) is 15.4. The molecule has 0 N–H and O–H groups in total. The number of aryl methyl sites for hydroxylation is 2. The summed E-state index contributed by atoms with van der Waals surface area (Å²) in [5.74, 6) is 4.75. The fourth-order valence-electron chi connectivity index (χ4n) is 6.15. The van der Waals surface area contributed by atoms with Crippen molar-refractivity contribution in [2.45, 2.75) is 71.1 Å². The van der Waals surface area contributed by atoms with Crippen LogP contribution in [0, 0.1) is 37.5 Å². The van der Waals surface area contributed by atoms with E-state index in [1.807, 2.05) is 0 Å². The monoisotopic (exact) mass is 310 g/mol. The molecule has 0 aliphatic heterocycles. The van der Waals surface area contributed by atoms with Crippen LogP contribution >= 0.6 is 0 Å². The largest absolute Gasteiger partial charge is 0.300 e. The van der Waals surface area contributed by atoms with E-state index in [0.717, 1.165) is 42.4 Å². The lowest BCUT2D eigenvalue weighted by atomic mass is 9.56. The molecule has 1 heteroatoms. The van der Waals surface area contributed by atoms with Crippen LogP contribution in [0.3, 0.4) is 0 Å². The van der Waals surface area contributed by atoms with Gasteiger partial charge < -0.3 is 0 Å². The van der Waals surface area contributed by atoms with E-state index in [4.69, 9.17) is 0 Å². The average Bonchev–Trinajstić information content (AvgIpc) is 2.53. The Hall–Kier alpha value is -1.11. The van der Waals surface area contributed by atoms with E-state index in [1.165, 1.54) is 49.7 Å². The van der Waals surface area contributed by atoms with Gasteiger partial charge in [0.25, 0.3) is 0 Å². The third kappa shape index (κ3) is 2.99. The number of rotatable bonds is 1. The van der Waals surface area contributed by atoms with Crippen molar-refractivity contribution in [3.8, 4) is 0 Å². The fourth-order valence-corrected chi connectivity index (χ4v) is 6.15. The van der Waals surface area contributed by atoms with Gasteiger partial charge in [0.15, 0.2) is 0 Å². The SMILES string of the molecule is Cc1cc(C)cc(C2CCC3C(CCC4CC(=O)CCC43)C2)c1. The number of hydrogen-bond acceptors (Lipinski definition) is 1. The topological polar surface area (TPSA) is 17.1 Å². The van der Waals surface area contributed by atoms with Crippen molar-refractivity contribution in [2.24, 2.45) is 23.7 Å². The van der Waals surface area contributed by atoms with E-state index >= 15 is 0 Å². The van der Waals surface area contributed by atoms with E-state index in [2.05, 4.69) is 32.0 Å². The minimum absolute atomic E-state index is 0.536. The molecule has 1 nitrogen and oxygen atoms in total. The Morgan fingerprint density at radius 1 is 0.826 bits per heavy atom. The van der Waals surface area contributed by atoms with Crippen molar-refractivity contribution in [3.63, 3.8) is 0 Å². The molecule has 0 radical (unpaired) electrons. The molecule has 124 valence electrons. The third-order valence-corrected chi connectivity index (χ3v) is 7.07. The van der Waals surface area contributed by atoms with E-state index in [1.54, 1.807) is 5.56 Å². The molecule has 5 unspecified atom stereocenters. The van der Waals surface area contributed by atoms with Gasteiger partial charge in [0.1, 0.15) is 5.78 Å². The van der Waals surface area contributed by atoms with Crippen molar-refractivity contribution in [3.05, 3.63) is 34.9 Å². The van der Waals surface area contributed by atoms with Crippen molar-refractivity contribution in [1.82, 2.24) is 0 Å². The minimum atomic E-state index is 0.536. The maximum Gasteiger partial charge on any atom is 0.133 e. The van der Waals surface area contributed by atoms with E-state index in [-0.39, 0.29) is 0 Å². The van der Waals surface area contributed by atoms with Crippen molar-refractivity contribution >= 4 is 5.78 Å². The summed E-state index contributed by atoms with van der Waals surface area (Å²) in [4.78, 5) is 11.8. The molecule has 0 spiro atoms. The van der Waals surface area contributed by atoms with Gasteiger partial charge in [-0.2, -0.15) is 0 Å². The second-order valence-corrected chi connectivity index (χ2v) is 8.64. The molecule has 1 aromatic rings. The van der Waals surface area contributed by atoms with Crippen molar-refractivity contribution < 1.29 is 4.79 Å². The lowest BCUT2D eigenvalue weighted by Crippen LogP contribution is -2.41. The summed E-state index contributed by atoms with van der Waals surface area (Å²) >= 11 is 0. The Morgan fingerprint density at radius 2 is 1.52 bits per heavy atom. The molecule has 0 bridgehead atoms. The van der Waals surface area contributed by atoms with Crippen LogP contribution in [0.1, 0.15) is 74.0 Å². The van der Waals surface area contributed by atoms with Gasteiger partial charge in [-0.1, -0.05) is 29.3 Å². The zero-order chi connectivity index (χ0) is 16.0. The maximum absolute atomic E-state index is 11.8. The highest BCUT2D eigenvalue weighted by Gasteiger charge is 2.44. The Kier molecular flexibility index (Phi) is 4.07. The second-order valence-electron chi connectivity index (χ2n) is 8.64. The lowest BCUT2D eigenvalue weighted by molar-refractivity contribution is -0.125. The van der Waals surface area contributed by atoms with E-state index in [9.17, 15) is 4.79 Å². The summed E-state index contributed by atoms with van der Waals surface area (Å²) < 4.78 is 0. The minimum Gasteiger partial charge on any atom is -0.300 e. The molecule has 4 rings (SSSR count). The second kappa shape index (κ2) is 6.07. The first-order valence-electron chi connectivity index (χ1n) is 9.70. The highest BCUT2D eigenvalue weighted by molar-refractivity contribution is 5.79. The molecule has 3 aliphatic rings. The van der Waals surface area contributed by atoms with Gasteiger partial charge in [-0.15, -0.1) is 0 Å². The Balaban J connectivity index is 1.49. The van der Waals surface area contributed by atoms with Gasteiger partial charge in [0, 0.05) is 12.8 Å². The Bertz CT molecular complexity index is 582. The van der Waals surface area contributed by atoms with Gasteiger partial charge in [-0.05, 0) is 87.5 Å². The summed E-state index contributed by atoms with van der Waals surface area (Å²) in [5.41, 5.74) is 4.41. The van der Waals surface area contributed by atoms with Gasteiger partial charge in [-0.3, -0.25) is 4.79 Å². The molecule has 0 heterocycles. The molecule has 23 heavy (non-hydrogen) atoms. The molecule has 1 aromatic carbocycles. The standard InChI is InChI=1S/C22H30O/c1-14-9-15(2)11-19(10-14)16-5-7-21-17(12-16)3-4-18-13-20(23)6-8-22(18)21/h9-11,16-18,21-22H,3-8,12-13H2,1-2H3. The van der Waals surface area contributed by atoms with Crippen LogP contribution in [0.15, 0.2) is 18.2 Å². The molecular weight excluding hydrogens is 280 g/mol. The predicted molar refractivity (Wildman–Crippen MR) is 94.6 cm³/mol. The van der Waals surface area contributed by atoms with Crippen LogP contribution in [0.4, 0.5) is 0 Å². The predicted octanol–water partition coefficient (Wildman–Crippen LogP) is 5.58. The third-order valence-electron chi connectivity index (χ3n) is 7.07. The summed E-state index contributed by atoms with van der Waals surface area (Å²) in [5, 5.41) is 0. The molecular formula is C22H30O. The van der Waals surface area contributed by atoms with Gasteiger partial charge >= 0.3 is 0 Å². The number of Topliss-reactive ketones (excluding diaryl/α,β-unsaturated/α-hetero) is 1. The highest BCUT2D eigenvalue weighted by Crippen LogP contribution is 2.53. The number of hydrogen-bond donors (Lipinski definition) is 0. The highest BCUT2D eigenvalue weighted by atomic mass is 16.1. The number of carbonyl (C=O) groups excluding carboxylic acids is 1. The molecule has 0 saturated heterocycles. The Morgan fingerprint density at radius 3 is 2.30 bits per heavy atom. The van der Waals surface area contributed by atoms with E-state index < -0.39 is 0 Å². The van der Waals surface area contributed by atoms with Crippen molar-refractivity contribution in [1.29, 1.82) is 0 Å². The Labute approximate surface area is 140 Å². The smallest absolute Gasteiger partial charge is 0.133 e. The normalized spacial score (nSPS) is 37.1. The fraction of sp³-hybridized carbons (Fsp3) is 0.682. The average molecular weight is 310 g/mol. The lowest BCUT2D eigenvalue weighted by Gasteiger charge is -2.49. The van der Waals surface area contributed by atoms with Gasteiger partial charge in [0.05, 0.1) is 0 Å². The summed E-state index contributed by atoms with van der Waals surface area (Å²) in [6, 6.07) is 7.13. The van der Waals surface area contributed by atoms with Crippen LogP contribution < -0.4 is 0 Å². The molecule has 3 saturated carbocycles. The summed E-state index contributed by atoms with van der Waals surface area (Å²) in [6.45, 7) is 4.46. The molecule has 3 aliphatic carbocycles.